The lowest BCUT2D eigenvalue weighted by molar-refractivity contribution is 0.908. The van der Waals surface area contributed by atoms with Crippen molar-refractivity contribution in [2.45, 2.75) is 13.0 Å². The van der Waals surface area contributed by atoms with Gasteiger partial charge in [-0.05, 0) is 37.3 Å². The van der Waals surface area contributed by atoms with Gasteiger partial charge in [0.25, 0.3) is 0 Å². The third-order valence-electron chi connectivity index (χ3n) is 3.08. The molecule has 0 saturated carbocycles. The van der Waals surface area contributed by atoms with E-state index in [1.54, 1.807) is 17.5 Å². The molecular formula is C15H14ClN3S. The Morgan fingerprint density at radius 1 is 1.25 bits per heavy atom. The van der Waals surface area contributed by atoms with E-state index in [1.807, 2.05) is 18.2 Å². The van der Waals surface area contributed by atoms with E-state index < -0.39 is 0 Å². The van der Waals surface area contributed by atoms with Crippen LogP contribution < -0.4 is 5.32 Å². The molecule has 1 unspecified atom stereocenters. The molecule has 0 amide bonds. The highest BCUT2D eigenvalue weighted by molar-refractivity contribution is 7.16. The van der Waals surface area contributed by atoms with Crippen LogP contribution in [0.5, 0.6) is 0 Å². The van der Waals surface area contributed by atoms with Crippen LogP contribution in [0.4, 0.5) is 5.69 Å². The van der Waals surface area contributed by atoms with Crippen molar-refractivity contribution < 1.29 is 0 Å². The molecular weight excluding hydrogens is 290 g/mol. The predicted molar refractivity (Wildman–Crippen MR) is 85.4 cm³/mol. The minimum absolute atomic E-state index is 0.226. The number of nitrogens with zero attached hydrogens (tertiary/aromatic N) is 1. The molecule has 102 valence electrons. The quantitative estimate of drug-likeness (QED) is 0.715. The molecule has 20 heavy (non-hydrogen) atoms. The summed E-state index contributed by atoms with van der Waals surface area (Å²) in [5, 5.41) is 10.4. The van der Waals surface area contributed by atoms with Gasteiger partial charge in [0.05, 0.1) is 16.1 Å². The standard InChI is InChI=1S/C15H14ClN3S/c1-10(14-5-6-15(16)20-14)18-12-4-2-3-11(9-12)13-7-8-17-19-13/h2-10,18H,1H3,(H,17,19). The van der Waals surface area contributed by atoms with Gasteiger partial charge in [-0.25, -0.2) is 0 Å². The maximum atomic E-state index is 5.98. The summed E-state index contributed by atoms with van der Waals surface area (Å²) in [4.78, 5) is 1.22. The second-order valence-corrected chi connectivity index (χ2v) is 6.31. The normalized spacial score (nSPS) is 12.3. The number of halogens is 1. The maximum Gasteiger partial charge on any atom is 0.0932 e. The molecule has 0 aliphatic carbocycles. The minimum Gasteiger partial charge on any atom is -0.378 e. The molecule has 0 spiro atoms. The van der Waals surface area contributed by atoms with Crippen LogP contribution in [0.3, 0.4) is 0 Å². The third-order valence-corrected chi connectivity index (χ3v) is 4.49. The van der Waals surface area contributed by atoms with Gasteiger partial charge < -0.3 is 5.32 Å². The SMILES string of the molecule is CC(Nc1cccc(-c2ccn[nH]2)c1)c1ccc(Cl)s1. The number of hydrogen-bond donors (Lipinski definition) is 2. The van der Waals surface area contributed by atoms with E-state index >= 15 is 0 Å². The van der Waals surface area contributed by atoms with Crippen LogP contribution in [0.25, 0.3) is 11.3 Å². The molecule has 2 aromatic heterocycles. The van der Waals surface area contributed by atoms with Crippen LogP contribution in [-0.2, 0) is 0 Å². The fourth-order valence-corrected chi connectivity index (χ4v) is 3.14. The summed E-state index contributed by atoms with van der Waals surface area (Å²) >= 11 is 7.58. The first-order valence-corrected chi connectivity index (χ1v) is 7.53. The molecule has 1 aromatic carbocycles. The Hall–Kier alpha value is -1.78. The number of hydrogen-bond acceptors (Lipinski definition) is 3. The van der Waals surface area contributed by atoms with Crippen molar-refractivity contribution in [1.29, 1.82) is 0 Å². The average Bonchev–Trinajstić information content (AvgIpc) is 3.10. The average molecular weight is 304 g/mol. The number of nitrogens with one attached hydrogen (secondary N) is 2. The highest BCUT2D eigenvalue weighted by Crippen LogP contribution is 2.29. The molecule has 3 nitrogen and oxygen atoms in total. The summed E-state index contributed by atoms with van der Waals surface area (Å²) in [6, 6.07) is 14.4. The van der Waals surface area contributed by atoms with E-state index in [0.717, 1.165) is 21.3 Å². The molecule has 0 bridgehead atoms. The molecule has 5 heteroatoms. The number of benzene rings is 1. The first-order chi connectivity index (χ1) is 9.72. The third kappa shape index (κ3) is 2.86. The Morgan fingerprint density at radius 2 is 2.15 bits per heavy atom. The Morgan fingerprint density at radius 3 is 2.85 bits per heavy atom. The number of aromatic nitrogens is 2. The fourth-order valence-electron chi connectivity index (χ4n) is 2.08. The lowest BCUT2D eigenvalue weighted by Crippen LogP contribution is -2.04. The zero-order valence-electron chi connectivity index (χ0n) is 10.9. The van der Waals surface area contributed by atoms with E-state index in [4.69, 9.17) is 11.6 Å². The van der Waals surface area contributed by atoms with Gasteiger partial charge in [-0.15, -0.1) is 11.3 Å². The lowest BCUT2D eigenvalue weighted by atomic mass is 10.1. The Balaban J connectivity index is 1.79. The van der Waals surface area contributed by atoms with Crippen molar-refractivity contribution in [1.82, 2.24) is 10.2 Å². The molecule has 0 fully saturated rings. The van der Waals surface area contributed by atoms with Gasteiger partial charge in [0.2, 0.25) is 0 Å². The van der Waals surface area contributed by atoms with E-state index in [-0.39, 0.29) is 6.04 Å². The van der Waals surface area contributed by atoms with Gasteiger partial charge in [-0.1, -0.05) is 23.7 Å². The fraction of sp³-hybridized carbons (Fsp3) is 0.133. The lowest BCUT2D eigenvalue weighted by Gasteiger charge is -2.14. The Kier molecular flexibility index (Phi) is 3.76. The van der Waals surface area contributed by atoms with Crippen molar-refractivity contribution in [2.75, 3.05) is 5.32 Å². The van der Waals surface area contributed by atoms with Crippen molar-refractivity contribution >= 4 is 28.6 Å². The van der Waals surface area contributed by atoms with Crippen LogP contribution in [0.1, 0.15) is 17.8 Å². The topological polar surface area (TPSA) is 40.7 Å². The summed E-state index contributed by atoms with van der Waals surface area (Å²) in [5.41, 5.74) is 3.21. The van der Waals surface area contributed by atoms with Crippen molar-refractivity contribution in [3.63, 3.8) is 0 Å². The van der Waals surface area contributed by atoms with Gasteiger partial charge in [-0.3, -0.25) is 5.10 Å². The summed E-state index contributed by atoms with van der Waals surface area (Å²) in [6.45, 7) is 2.13. The van der Waals surface area contributed by atoms with Crippen LogP contribution in [0.15, 0.2) is 48.7 Å². The smallest absolute Gasteiger partial charge is 0.0932 e. The molecule has 0 radical (unpaired) electrons. The van der Waals surface area contributed by atoms with Crippen molar-refractivity contribution in [3.05, 3.63) is 57.9 Å². The Labute approximate surface area is 126 Å². The highest BCUT2D eigenvalue weighted by atomic mass is 35.5. The van der Waals surface area contributed by atoms with Crippen LogP contribution in [-0.4, -0.2) is 10.2 Å². The first-order valence-electron chi connectivity index (χ1n) is 6.34. The monoisotopic (exact) mass is 303 g/mol. The number of anilines is 1. The number of aromatic amines is 1. The van der Waals surface area contributed by atoms with Gasteiger partial charge in [0, 0.05) is 22.3 Å². The molecule has 3 rings (SSSR count). The van der Waals surface area contributed by atoms with E-state index in [2.05, 4.69) is 46.7 Å². The van der Waals surface area contributed by atoms with Gasteiger partial charge in [0.1, 0.15) is 0 Å². The van der Waals surface area contributed by atoms with E-state index in [1.165, 1.54) is 4.88 Å². The maximum absolute atomic E-state index is 5.98. The highest BCUT2D eigenvalue weighted by Gasteiger charge is 2.08. The molecule has 2 heterocycles. The second-order valence-electron chi connectivity index (χ2n) is 4.56. The van der Waals surface area contributed by atoms with Gasteiger partial charge in [0.15, 0.2) is 0 Å². The number of rotatable bonds is 4. The first kappa shape index (κ1) is 13.2. The largest absolute Gasteiger partial charge is 0.378 e. The number of H-pyrrole nitrogens is 1. The molecule has 2 N–H and O–H groups in total. The number of thiophene rings is 1. The van der Waals surface area contributed by atoms with Crippen LogP contribution in [0.2, 0.25) is 4.34 Å². The molecule has 0 aliphatic rings. The van der Waals surface area contributed by atoms with Gasteiger partial charge in [-0.2, -0.15) is 5.10 Å². The second kappa shape index (κ2) is 5.69. The van der Waals surface area contributed by atoms with Crippen molar-refractivity contribution in [2.24, 2.45) is 0 Å². The molecule has 0 aliphatic heterocycles. The summed E-state index contributed by atoms with van der Waals surface area (Å²) in [7, 11) is 0. The molecule has 0 saturated heterocycles. The zero-order valence-corrected chi connectivity index (χ0v) is 12.5. The summed E-state index contributed by atoms with van der Waals surface area (Å²) < 4.78 is 0.819. The van der Waals surface area contributed by atoms with E-state index in [9.17, 15) is 0 Å². The van der Waals surface area contributed by atoms with Crippen molar-refractivity contribution in [3.8, 4) is 11.3 Å². The zero-order chi connectivity index (χ0) is 13.9. The molecule has 1 atom stereocenters. The van der Waals surface area contributed by atoms with E-state index in [0.29, 0.717) is 0 Å². The molecule has 3 aromatic rings. The summed E-state index contributed by atoms with van der Waals surface area (Å²) in [6.07, 6.45) is 1.76. The van der Waals surface area contributed by atoms with Crippen LogP contribution in [0, 0.1) is 0 Å². The Bertz CT molecular complexity index is 691. The van der Waals surface area contributed by atoms with Crippen LogP contribution >= 0.6 is 22.9 Å². The predicted octanol–water partition coefficient (Wildman–Crippen LogP) is 4.96. The minimum atomic E-state index is 0.226. The summed E-state index contributed by atoms with van der Waals surface area (Å²) in [5.74, 6) is 0. The van der Waals surface area contributed by atoms with Gasteiger partial charge >= 0.3 is 0 Å².